The zero-order valence-corrected chi connectivity index (χ0v) is 12.0. The number of carboxylic acids is 1. The van der Waals surface area contributed by atoms with Gasteiger partial charge in [0.05, 0.1) is 0 Å². The van der Waals surface area contributed by atoms with Crippen molar-refractivity contribution in [3.8, 4) is 5.75 Å². The molecule has 100 valence electrons. The minimum Gasteiger partial charge on any atom is -0.487 e. The second-order valence-corrected chi connectivity index (χ2v) is 5.82. The molecule has 0 aliphatic heterocycles. The molecule has 4 heteroatoms. The molecule has 19 heavy (non-hydrogen) atoms. The third-order valence-corrected chi connectivity index (χ3v) is 4.00. The standard InChI is InChI=1S/C15H16O3S/c1-9-4-5-12(6-10(9)2)8-18-13-7-11(3)19-14(13)15(16)17/h4-7H,8H2,1-3H3,(H,16,17). The number of ether oxygens (including phenoxy) is 1. The largest absolute Gasteiger partial charge is 0.487 e. The van der Waals surface area contributed by atoms with E-state index < -0.39 is 5.97 Å². The van der Waals surface area contributed by atoms with Gasteiger partial charge in [0.1, 0.15) is 12.4 Å². The predicted molar refractivity (Wildman–Crippen MR) is 76.3 cm³/mol. The topological polar surface area (TPSA) is 46.5 Å². The van der Waals surface area contributed by atoms with E-state index in [1.54, 1.807) is 6.07 Å². The first kappa shape index (κ1) is 13.6. The summed E-state index contributed by atoms with van der Waals surface area (Å²) in [5, 5.41) is 9.09. The molecule has 1 aromatic heterocycles. The van der Waals surface area contributed by atoms with Crippen molar-refractivity contribution in [3.05, 3.63) is 50.7 Å². The Labute approximate surface area is 116 Å². The van der Waals surface area contributed by atoms with Gasteiger partial charge in [-0.15, -0.1) is 11.3 Å². The van der Waals surface area contributed by atoms with Crippen molar-refractivity contribution >= 4 is 17.3 Å². The summed E-state index contributed by atoms with van der Waals surface area (Å²) >= 11 is 1.24. The van der Waals surface area contributed by atoms with Crippen molar-refractivity contribution in [2.75, 3.05) is 0 Å². The summed E-state index contributed by atoms with van der Waals surface area (Å²) < 4.78 is 5.63. The minimum absolute atomic E-state index is 0.265. The minimum atomic E-state index is -0.937. The molecule has 0 radical (unpaired) electrons. The molecule has 0 spiro atoms. The number of benzene rings is 1. The Hall–Kier alpha value is -1.81. The van der Waals surface area contributed by atoms with E-state index in [9.17, 15) is 4.79 Å². The van der Waals surface area contributed by atoms with E-state index in [0.717, 1.165) is 10.4 Å². The van der Waals surface area contributed by atoms with Crippen molar-refractivity contribution < 1.29 is 14.6 Å². The van der Waals surface area contributed by atoms with Gasteiger partial charge in [-0.1, -0.05) is 18.2 Å². The van der Waals surface area contributed by atoms with Gasteiger partial charge >= 0.3 is 5.97 Å². The number of hydrogen-bond acceptors (Lipinski definition) is 3. The molecule has 0 fully saturated rings. The molecular weight excluding hydrogens is 260 g/mol. The molecule has 0 saturated heterocycles. The number of carboxylic acid groups (broad SMARTS) is 1. The number of aryl methyl sites for hydroxylation is 3. The van der Waals surface area contributed by atoms with E-state index in [2.05, 4.69) is 19.9 Å². The molecule has 0 bridgehead atoms. The zero-order chi connectivity index (χ0) is 14.0. The molecule has 0 aliphatic rings. The van der Waals surface area contributed by atoms with Crippen molar-refractivity contribution in [2.24, 2.45) is 0 Å². The van der Waals surface area contributed by atoms with Gasteiger partial charge in [-0.2, -0.15) is 0 Å². The number of hydrogen-bond donors (Lipinski definition) is 1. The van der Waals surface area contributed by atoms with Crippen LogP contribution in [0.25, 0.3) is 0 Å². The summed E-state index contributed by atoms with van der Waals surface area (Å²) in [7, 11) is 0. The third-order valence-electron chi connectivity index (χ3n) is 2.98. The van der Waals surface area contributed by atoms with E-state index in [1.165, 1.54) is 22.5 Å². The Morgan fingerprint density at radius 2 is 1.95 bits per heavy atom. The fourth-order valence-electron chi connectivity index (χ4n) is 1.80. The van der Waals surface area contributed by atoms with Crippen LogP contribution in [0.15, 0.2) is 24.3 Å². The van der Waals surface area contributed by atoms with E-state index in [4.69, 9.17) is 9.84 Å². The van der Waals surface area contributed by atoms with Crippen molar-refractivity contribution in [1.29, 1.82) is 0 Å². The van der Waals surface area contributed by atoms with Crippen molar-refractivity contribution in [1.82, 2.24) is 0 Å². The van der Waals surface area contributed by atoms with Crippen LogP contribution >= 0.6 is 11.3 Å². The molecule has 1 aromatic carbocycles. The monoisotopic (exact) mass is 276 g/mol. The third kappa shape index (κ3) is 3.15. The van der Waals surface area contributed by atoms with Crippen LogP contribution < -0.4 is 4.74 Å². The van der Waals surface area contributed by atoms with E-state index in [1.807, 2.05) is 19.1 Å². The lowest BCUT2D eigenvalue weighted by Crippen LogP contribution is -2.00. The van der Waals surface area contributed by atoms with Gasteiger partial charge in [0, 0.05) is 4.88 Å². The number of carbonyl (C=O) groups is 1. The van der Waals surface area contributed by atoms with E-state index in [-0.39, 0.29) is 4.88 Å². The summed E-state index contributed by atoms with van der Waals surface area (Å²) in [6.45, 7) is 6.37. The Bertz CT molecular complexity index is 614. The molecule has 0 amide bonds. The maximum Gasteiger partial charge on any atom is 0.349 e. The fraction of sp³-hybridized carbons (Fsp3) is 0.267. The molecule has 1 N–H and O–H groups in total. The second-order valence-electron chi connectivity index (χ2n) is 4.56. The highest BCUT2D eigenvalue weighted by atomic mass is 32.1. The normalized spacial score (nSPS) is 10.5. The van der Waals surface area contributed by atoms with Gasteiger partial charge in [-0.05, 0) is 43.5 Å². The molecular formula is C15H16O3S. The number of rotatable bonds is 4. The second kappa shape index (κ2) is 5.45. The SMILES string of the molecule is Cc1cc(OCc2ccc(C)c(C)c2)c(C(=O)O)s1. The fourth-order valence-corrected chi connectivity index (χ4v) is 2.60. The lowest BCUT2D eigenvalue weighted by molar-refractivity contribution is 0.0697. The van der Waals surface area contributed by atoms with Crippen LogP contribution in [0.5, 0.6) is 5.75 Å². The van der Waals surface area contributed by atoms with Gasteiger partial charge in [0.25, 0.3) is 0 Å². The Morgan fingerprint density at radius 3 is 2.58 bits per heavy atom. The number of aromatic carboxylic acids is 1. The van der Waals surface area contributed by atoms with E-state index in [0.29, 0.717) is 12.4 Å². The maximum atomic E-state index is 11.1. The van der Waals surface area contributed by atoms with Crippen LogP contribution in [0.2, 0.25) is 0 Å². The van der Waals surface area contributed by atoms with Gasteiger partial charge in [-0.25, -0.2) is 4.79 Å². The van der Waals surface area contributed by atoms with Gasteiger partial charge in [-0.3, -0.25) is 0 Å². The molecule has 1 heterocycles. The Kier molecular flexibility index (Phi) is 3.90. The summed E-state index contributed by atoms with van der Waals surface area (Å²) in [5.41, 5.74) is 3.49. The molecule has 0 unspecified atom stereocenters. The average Bonchev–Trinajstić information content (AvgIpc) is 2.72. The first-order chi connectivity index (χ1) is 8.97. The molecule has 2 rings (SSSR count). The van der Waals surface area contributed by atoms with E-state index >= 15 is 0 Å². The summed E-state index contributed by atoms with van der Waals surface area (Å²) in [4.78, 5) is 12.3. The van der Waals surface area contributed by atoms with Crippen molar-refractivity contribution in [2.45, 2.75) is 27.4 Å². The maximum absolute atomic E-state index is 11.1. The number of thiophene rings is 1. The highest BCUT2D eigenvalue weighted by Gasteiger charge is 2.15. The highest BCUT2D eigenvalue weighted by molar-refractivity contribution is 7.14. The van der Waals surface area contributed by atoms with Crippen LogP contribution in [-0.2, 0) is 6.61 Å². The summed E-state index contributed by atoms with van der Waals surface area (Å²) in [6, 6.07) is 7.89. The first-order valence-corrected chi connectivity index (χ1v) is 6.81. The molecule has 0 saturated carbocycles. The van der Waals surface area contributed by atoms with Crippen LogP contribution in [0, 0.1) is 20.8 Å². The zero-order valence-electron chi connectivity index (χ0n) is 11.2. The lowest BCUT2D eigenvalue weighted by Gasteiger charge is -2.07. The first-order valence-electron chi connectivity index (χ1n) is 6.00. The molecule has 0 atom stereocenters. The average molecular weight is 276 g/mol. The predicted octanol–water partition coefficient (Wildman–Crippen LogP) is 3.95. The van der Waals surface area contributed by atoms with Gasteiger partial charge < -0.3 is 9.84 Å². The lowest BCUT2D eigenvalue weighted by atomic mass is 10.1. The highest BCUT2D eigenvalue weighted by Crippen LogP contribution is 2.29. The van der Waals surface area contributed by atoms with Gasteiger partial charge in [0.15, 0.2) is 4.88 Å². The molecule has 0 aliphatic carbocycles. The Morgan fingerprint density at radius 1 is 1.21 bits per heavy atom. The van der Waals surface area contributed by atoms with Crippen LogP contribution in [0.1, 0.15) is 31.2 Å². The quantitative estimate of drug-likeness (QED) is 0.919. The van der Waals surface area contributed by atoms with Crippen LogP contribution in [0.3, 0.4) is 0 Å². The van der Waals surface area contributed by atoms with Crippen LogP contribution in [0.4, 0.5) is 0 Å². The van der Waals surface area contributed by atoms with Crippen molar-refractivity contribution in [3.63, 3.8) is 0 Å². The summed E-state index contributed by atoms with van der Waals surface area (Å²) in [5.74, 6) is -0.485. The smallest absolute Gasteiger partial charge is 0.349 e. The van der Waals surface area contributed by atoms with Gasteiger partial charge in [0.2, 0.25) is 0 Å². The van der Waals surface area contributed by atoms with Crippen LogP contribution in [-0.4, -0.2) is 11.1 Å². The molecule has 3 nitrogen and oxygen atoms in total. The molecule has 2 aromatic rings. The summed E-state index contributed by atoms with van der Waals surface area (Å²) in [6.07, 6.45) is 0. The Balaban J connectivity index is 2.14.